The molecule has 1 saturated heterocycles. The zero-order chi connectivity index (χ0) is 12.4. The van der Waals surface area contributed by atoms with Gasteiger partial charge in [-0.2, -0.15) is 0 Å². The van der Waals surface area contributed by atoms with Gasteiger partial charge in [0.1, 0.15) is 0 Å². The second-order valence-corrected chi connectivity index (χ2v) is 5.91. The van der Waals surface area contributed by atoms with E-state index in [1.807, 2.05) is 0 Å². The first kappa shape index (κ1) is 12.5. The molecule has 0 aromatic heterocycles. The van der Waals surface area contributed by atoms with Crippen LogP contribution in [0.3, 0.4) is 0 Å². The maximum Gasteiger partial charge on any atom is 0.0401 e. The molecule has 0 spiro atoms. The molecule has 1 nitrogen and oxygen atoms in total. The number of anilines is 1. The summed E-state index contributed by atoms with van der Waals surface area (Å²) in [6.07, 6.45) is 4.05. The van der Waals surface area contributed by atoms with E-state index in [-0.39, 0.29) is 0 Å². The molecule has 0 aliphatic carbocycles. The first-order valence-corrected chi connectivity index (χ1v) is 6.92. The molecule has 1 aliphatic heterocycles. The quantitative estimate of drug-likeness (QED) is 0.749. The Hall–Kier alpha value is -0.980. The van der Waals surface area contributed by atoms with Crippen molar-refractivity contribution in [2.24, 2.45) is 5.92 Å². The highest BCUT2D eigenvalue weighted by Gasteiger charge is 2.26. The Morgan fingerprint density at radius 2 is 2.06 bits per heavy atom. The summed E-state index contributed by atoms with van der Waals surface area (Å²) in [5, 5.41) is 0. The fraction of sp³-hybridized carbons (Fsp3) is 0.625. The Morgan fingerprint density at radius 3 is 2.76 bits per heavy atom. The van der Waals surface area contributed by atoms with Gasteiger partial charge in [-0.05, 0) is 56.2 Å². The van der Waals surface area contributed by atoms with E-state index < -0.39 is 0 Å². The van der Waals surface area contributed by atoms with E-state index in [0.29, 0.717) is 0 Å². The third kappa shape index (κ3) is 2.83. The number of hydrogen-bond donors (Lipinski definition) is 0. The topological polar surface area (TPSA) is 3.24 Å². The highest BCUT2D eigenvalue weighted by molar-refractivity contribution is 5.56. The molecule has 2 rings (SSSR count). The monoisotopic (exact) mass is 231 g/mol. The predicted molar refractivity (Wildman–Crippen MR) is 75.7 cm³/mol. The smallest absolute Gasteiger partial charge is 0.0401 e. The molecule has 1 heteroatoms. The van der Waals surface area contributed by atoms with Gasteiger partial charge in [0.25, 0.3) is 0 Å². The lowest BCUT2D eigenvalue weighted by Crippen LogP contribution is -2.30. The van der Waals surface area contributed by atoms with Crippen LogP contribution in [0.4, 0.5) is 5.69 Å². The Morgan fingerprint density at radius 1 is 1.29 bits per heavy atom. The summed E-state index contributed by atoms with van der Waals surface area (Å²) >= 11 is 0. The standard InChI is InChI=1S/C16H25N/c1-12(2)10-15-6-5-9-17(15)16-11-13(3)7-8-14(16)4/h7-8,11-12,15H,5-6,9-10H2,1-4H3. The number of rotatable bonds is 3. The van der Waals surface area contributed by atoms with Crippen molar-refractivity contribution in [1.29, 1.82) is 0 Å². The van der Waals surface area contributed by atoms with Gasteiger partial charge >= 0.3 is 0 Å². The molecule has 0 amide bonds. The average molecular weight is 231 g/mol. The number of benzene rings is 1. The summed E-state index contributed by atoms with van der Waals surface area (Å²) in [4.78, 5) is 2.64. The van der Waals surface area contributed by atoms with Crippen molar-refractivity contribution < 1.29 is 0 Å². The summed E-state index contributed by atoms with van der Waals surface area (Å²) in [6.45, 7) is 10.3. The van der Waals surface area contributed by atoms with E-state index in [0.717, 1.165) is 12.0 Å². The summed E-state index contributed by atoms with van der Waals surface area (Å²) < 4.78 is 0. The molecule has 1 heterocycles. The maximum atomic E-state index is 2.64. The summed E-state index contributed by atoms with van der Waals surface area (Å²) in [5.74, 6) is 0.797. The zero-order valence-corrected chi connectivity index (χ0v) is 11.7. The third-order valence-corrected chi connectivity index (χ3v) is 3.79. The summed E-state index contributed by atoms with van der Waals surface area (Å²) in [5.41, 5.74) is 4.26. The van der Waals surface area contributed by atoms with E-state index in [4.69, 9.17) is 0 Å². The molecule has 1 atom stereocenters. The summed E-state index contributed by atoms with van der Waals surface area (Å²) in [6, 6.07) is 7.59. The van der Waals surface area contributed by atoms with Crippen LogP contribution in [0.5, 0.6) is 0 Å². The molecular weight excluding hydrogens is 206 g/mol. The largest absolute Gasteiger partial charge is 0.368 e. The molecular formula is C16H25N. The summed E-state index contributed by atoms with van der Waals surface area (Å²) in [7, 11) is 0. The van der Waals surface area contributed by atoms with Gasteiger partial charge in [0, 0.05) is 18.3 Å². The average Bonchev–Trinajstić information content (AvgIpc) is 2.69. The number of hydrogen-bond acceptors (Lipinski definition) is 1. The first-order chi connectivity index (χ1) is 8.08. The molecule has 1 unspecified atom stereocenters. The van der Waals surface area contributed by atoms with E-state index in [1.165, 1.54) is 42.6 Å². The van der Waals surface area contributed by atoms with Crippen LogP contribution >= 0.6 is 0 Å². The van der Waals surface area contributed by atoms with Crippen LogP contribution in [0.1, 0.15) is 44.2 Å². The minimum Gasteiger partial charge on any atom is -0.368 e. The Kier molecular flexibility index (Phi) is 3.76. The van der Waals surface area contributed by atoms with Crippen LogP contribution in [0.25, 0.3) is 0 Å². The Labute approximate surface area is 106 Å². The van der Waals surface area contributed by atoms with Gasteiger partial charge in [-0.3, -0.25) is 0 Å². The van der Waals surface area contributed by atoms with Crippen molar-refractivity contribution in [1.82, 2.24) is 0 Å². The normalized spacial score (nSPS) is 20.3. The first-order valence-electron chi connectivity index (χ1n) is 6.92. The lowest BCUT2D eigenvalue weighted by Gasteiger charge is -2.29. The fourth-order valence-corrected chi connectivity index (χ4v) is 2.97. The molecule has 1 fully saturated rings. The van der Waals surface area contributed by atoms with E-state index in [2.05, 4.69) is 50.8 Å². The van der Waals surface area contributed by atoms with Crippen molar-refractivity contribution in [3.63, 3.8) is 0 Å². The molecule has 0 N–H and O–H groups in total. The van der Waals surface area contributed by atoms with Crippen LogP contribution in [-0.4, -0.2) is 12.6 Å². The van der Waals surface area contributed by atoms with Crippen molar-refractivity contribution in [2.45, 2.75) is 53.0 Å². The molecule has 17 heavy (non-hydrogen) atoms. The zero-order valence-electron chi connectivity index (χ0n) is 11.7. The van der Waals surface area contributed by atoms with Crippen LogP contribution in [0, 0.1) is 19.8 Å². The van der Waals surface area contributed by atoms with Crippen molar-refractivity contribution in [3.8, 4) is 0 Å². The highest BCUT2D eigenvalue weighted by atomic mass is 15.2. The van der Waals surface area contributed by atoms with Crippen molar-refractivity contribution >= 4 is 5.69 Å². The maximum absolute atomic E-state index is 2.64. The lowest BCUT2D eigenvalue weighted by molar-refractivity contribution is 0.494. The van der Waals surface area contributed by atoms with Crippen LogP contribution < -0.4 is 4.90 Å². The minimum atomic E-state index is 0.760. The van der Waals surface area contributed by atoms with Crippen LogP contribution in [-0.2, 0) is 0 Å². The van der Waals surface area contributed by atoms with Crippen LogP contribution in [0.2, 0.25) is 0 Å². The fourth-order valence-electron chi connectivity index (χ4n) is 2.97. The van der Waals surface area contributed by atoms with Crippen molar-refractivity contribution in [2.75, 3.05) is 11.4 Å². The van der Waals surface area contributed by atoms with Gasteiger partial charge in [-0.1, -0.05) is 26.0 Å². The number of nitrogens with zero attached hydrogens (tertiary/aromatic N) is 1. The van der Waals surface area contributed by atoms with Gasteiger partial charge < -0.3 is 4.90 Å². The van der Waals surface area contributed by atoms with E-state index in [9.17, 15) is 0 Å². The highest BCUT2D eigenvalue weighted by Crippen LogP contribution is 2.31. The second-order valence-electron chi connectivity index (χ2n) is 5.91. The molecule has 94 valence electrons. The molecule has 1 aromatic carbocycles. The van der Waals surface area contributed by atoms with Crippen LogP contribution in [0.15, 0.2) is 18.2 Å². The molecule has 1 aliphatic rings. The van der Waals surface area contributed by atoms with Gasteiger partial charge in [0.15, 0.2) is 0 Å². The van der Waals surface area contributed by atoms with Gasteiger partial charge in [-0.15, -0.1) is 0 Å². The predicted octanol–water partition coefficient (Wildman–Crippen LogP) is 4.32. The SMILES string of the molecule is Cc1ccc(C)c(N2CCCC2CC(C)C)c1. The molecule has 1 aromatic rings. The van der Waals surface area contributed by atoms with E-state index >= 15 is 0 Å². The Balaban J connectivity index is 2.22. The van der Waals surface area contributed by atoms with Gasteiger partial charge in [0.05, 0.1) is 0 Å². The second kappa shape index (κ2) is 5.12. The lowest BCUT2D eigenvalue weighted by atomic mass is 10.0. The van der Waals surface area contributed by atoms with Crippen molar-refractivity contribution in [3.05, 3.63) is 29.3 Å². The van der Waals surface area contributed by atoms with Gasteiger partial charge in [-0.25, -0.2) is 0 Å². The third-order valence-electron chi connectivity index (χ3n) is 3.79. The minimum absolute atomic E-state index is 0.760. The molecule has 0 saturated carbocycles. The van der Waals surface area contributed by atoms with E-state index in [1.54, 1.807) is 0 Å². The number of aryl methyl sites for hydroxylation is 2. The molecule has 0 radical (unpaired) electrons. The van der Waals surface area contributed by atoms with Gasteiger partial charge in [0.2, 0.25) is 0 Å². The molecule has 0 bridgehead atoms. The Bertz CT molecular complexity index is 381.